The van der Waals surface area contributed by atoms with Crippen LogP contribution in [0.15, 0.2) is 16.9 Å². The summed E-state index contributed by atoms with van der Waals surface area (Å²) in [7, 11) is 0. The standard InChI is InChI=1S/C16H26N4O4/c1-2-3-4-16(22)20(7-6-19-8-11-23-12-9-19)13-15(21)17-14-5-10-24-18-14/h5,10H,2-4,6-9,11-13H2,1H3,(H,17,18,21). The van der Waals surface area contributed by atoms with E-state index in [1.54, 1.807) is 11.0 Å². The van der Waals surface area contributed by atoms with Gasteiger partial charge in [-0.15, -0.1) is 0 Å². The van der Waals surface area contributed by atoms with Gasteiger partial charge in [-0.05, 0) is 6.42 Å². The van der Waals surface area contributed by atoms with Crippen LogP contribution in [0.25, 0.3) is 0 Å². The van der Waals surface area contributed by atoms with Crippen molar-refractivity contribution in [3.8, 4) is 0 Å². The Morgan fingerprint density at radius 1 is 1.38 bits per heavy atom. The van der Waals surface area contributed by atoms with E-state index in [0.29, 0.717) is 18.8 Å². The fourth-order valence-electron chi connectivity index (χ4n) is 2.50. The Balaban J connectivity index is 1.85. The van der Waals surface area contributed by atoms with Gasteiger partial charge in [-0.3, -0.25) is 14.5 Å². The fourth-order valence-corrected chi connectivity index (χ4v) is 2.50. The lowest BCUT2D eigenvalue weighted by Gasteiger charge is -2.30. The van der Waals surface area contributed by atoms with Crippen molar-refractivity contribution < 1.29 is 18.8 Å². The second-order valence-electron chi connectivity index (χ2n) is 5.81. The van der Waals surface area contributed by atoms with Gasteiger partial charge < -0.3 is 19.5 Å². The molecule has 1 saturated heterocycles. The van der Waals surface area contributed by atoms with E-state index >= 15 is 0 Å². The van der Waals surface area contributed by atoms with Crippen LogP contribution in [0.5, 0.6) is 0 Å². The molecule has 1 aliphatic heterocycles. The Labute approximate surface area is 142 Å². The lowest BCUT2D eigenvalue weighted by atomic mass is 10.2. The molecule has 1 aromatic rings. The van der Waals surface area contributed by atoms with Gasteiger partial charge >= 0.3 is 0 Å². The van der Waals surface area contributed by atoms with Crippen molar-refractivity contribution in [1.82, 2.24) is 15.0 Å². The van der Waals surface area contributed by atoms with Gasteiger partial charge in [0, 0.05) is 38.7 Å². The number of nitrogens with zero attached hydrogens (tertiary/aromatic N) is 3. The molecule has 0 atom stereocenters. The lowest BCUT2D eigenvalue weighted by molar-refractivity contribution is -0.135. The van der Waals surface area contributed by atoms with Crippen LogP contribution >= 0.6 is 0 Å². The first kappa shape index (κ1) is 18.4. The number of morpholine rings is 1. The van der Waals surface area contributed by atoms with Crippen molar-refractivity contribution in [1.29, 1.82) is 0 Å². The second kappa shape index (κ2) is 10.0. The van der Waals surface area contributed by atoms with Gasteiger partial charge in [0.25, 0.3) is 0 Å². The molecular formula is C16H26N4O4. The predicted molar refractivity (Wildman–Crippen MR) is 88.5 cm³/mol. The Morgan fingerprint density at radius 2 is 2.17 bits per heavy atom. The van der Waals surface area contributed by atoms with E-state index in [0.717, 1.165) is 45.7 Å². The summed E-state index contributed by atoms with van der Waals surface area (Å²) in [6.07, 6.45) is 3.64. The number of rotatable bonds is 9. The Hall–Kier alpha value is -1.93. The highest BCUT2D eigenvalue weighted by Crippen LogP contribution is 2.05. The molecule has 0 bridgehead atoms. The summed E-state index contributed by atoms with van der Waals surface area (Å²) in [5, 5.41) is 6.27. The maximum absolute atomic E-state index is 12.4. The highest BCUT2D eigenvalue weighted by molar-refractivity contribution is 5.93. The van der Waals surface area contributed by atoms with Crippen LogP contribution in [0.1, 0.15) is 26.2 Å². The van der Waals surface area contributed by atoms with E-state index in [2.05, 4.69) is 19.9 Å². The number of nitrogens with one attached hydrogen (secondary N) is 1. The zero-order chi connectivity index (χ0) is 17.2. The monoisotopic (exact) mass is 338 g/mol. The third kappa shape index (κ3) is 6.29. The van der Waals surface area contributed by atoms with Crippen molar-refractivity contribution >= 4 is 17.6 Å². The SMILES string of the molecule is CCCCC(=O)N(CCN1CCOCC1)CC(=O)Nc1ccon1. The minimum atomic E-state index is -0.268. The van der Waals surface area contributed by atoms with Crippen LogP contribution in [-0.4, -0.2) is 72.7 Å². The molecule has 24 heavy (non-hydrogen) atoms. The van der Waals surface area contributed by atoms with Crippen molar-refractivity contribution in [3.05, 3.63) is 12.3 Å². The van der Waals surface area contributed by atoms with Gasteiger partial charge in [-0.1, -0.05) is 18.5 Å². The maximum Gasteiger partial charge on any atom is 0.245 e. The van der Waals surface area contributed by atoms with E-state index in [1.807, 2.05) is 6.92 Å². The fraction of sp³-hybridized carbons (Fsp3) is 0.688. The highest BCUT2D eigenvalue weighted by atomic mass is 16.5. The van der Waals surface area contributed by atoms with E-state index in [1.165, 1.54) is 6.26 Å². The summed E-state index contributed by atoms with van der Waals surface area (Å²) >= 11 is 0. The van der Waals surface area contributed by atoms with Crippen LogP contribution in [0, 0.1) is 0 Å². The molecule has 1 fully saturated rings. The molecule has 1 aromatic heterocycles. The van der Waals surface area contributed by atoms with Crippen LogP contribution in [-0.2, 0) is 14.3 Å². The van der Waals surface area contributed by atoms with Crippen molar-refractivity contribution in [2.75, 3.05) is 51.3 Å². The first-order valence-corrected chi connectivity index (χ1v) is 8.47. The number of carbonyl (C=O) groups excluding carboxylic acids is 2. The quantitative estimate of drug-likeness (QED) is 0.722. The minimum absolute atomic E-state index is 0.0143. The number of unbranched alkanes of at least 4 members (excludes halogenated alkanes) is 1. The Bertz CT molecular complexity index is 500. The number of hydrogen-bond donors (Lipinski definition) is 1. The van der Waals surface area contributed by atoms with Crippen LogP contribution < -0.4 is 5.32 Å². The lowest BCUT2D eigenvalue weighted by Crippen LogP contribution is -2.45. The summed E-state index contributed by atoms with van der Waals surface area (Å²) < 4.78 is 10.0. The molecule has 1 aliphatic rings. The number of anilines is 1. The normalized spacial score (nSPS) is 15.2. The van der Waals surface area contributed by atoms with Gasteiger partial charge in [0.1, 0.15) is 6.26 Å². The molecule has 1 N–H and O–H groups in total. The Kier molecular flexibility index (Phi) is 7.70. The molecule has 8 heteroatoms. The van der Waals surface area contributed by atoms with Gasteiger partial charge in [-0.2, -0.15) is 0 Å². The maximum atomic E-state index is 12.4. The summed E-state index contributed by atoms with van der Waals surface area (Å²) in [5.41, 5.74) is 0. The molecule has 8 nitrogen and oxygen atoms in total. The summed E-state index contributed by atoms with van der Waals surface area (Å²) in [5.74, 6) is 0.102. The summed E-state index contributed by atoms with van der Waals surface area (Å²) in [4.78, 5) is 28.4. The van der Waals surface area contributed by atoms with Gasteiger partial charge in [-0.25, -0.2) is 0 Å². The molecule has 134 valence electrons. The second-order valence-corrected chi connectivity index (χ2v) is 5.81. The molecule has 2 amide bonds. The summed E-state index contributed by atoms with van der Waals surface area (Å²) in [6.45, 7) is 6.52. The van der Waals surface area contributed by atoms with Crippen molar-refractivity contribution in [3.63, 3.8) is 0 Å². The van der Waals surface area contributed by atoms with Gasteiger partial charge in [0.05, 0.1) is 19.8 Å². The van der Waals surface area contributed by atoms with Crippen LogP contribution in [0.2, 0.25) is 0 Å². The third-order valence-electron chi connectivity index (χ3n) is 3.93. The molecule has 2 rings (SSSR count). The first-order chi connectivity index (χ1) is 11.7. The van der Waals surface area contributed by atoms with E-state index in [9.17, 15) is 9.59 Å². The Morgan fingerprint density at radius 3 is 2.83 bits per heavy atom. The molecule has 0 aromatic carbocycles. The highest BCUT2D eigenvalue weighted by Gasteiger charge is 2.19. The number of aromatic nitrogens is 1. The third-order valence-corrected chi connectivity index (χ3v) is 3.93. The average Bonchev–Trinajstić information content (AvgIpc) is 3.10. The first-order valence-electron chi connectivity index (χ1n) is 8.47. The van der Waals surface area contributed by atoms with E-state index < -0.39 is 0 Å². The number of amides is 2. The van der Waals surface area contributed by atoms with E-state index in [4.69, 9.17) is 4.74 Å². The summed E-state index contributed by atoms with van der Waals surface area (Å²) in [6, 6.07) is 1.56. The number of ether oxygens (including phenoxy) is 1. The smallest absolute Gasteiger partial charge is 0.245 e. The topological polar surface area (TPSA) is 87.9 Å². The largest absolute Gasteiger partial charge is 0.379 e. The average molecular weight is 338 g/mol. The van der Waals surface area contributed by atoms with Crippen LogP contribution in [0.3, 0.4) is 0 Å². The van der Waals surface area contributed by atoms with Gasteiger partial charge in [0.2, 0.25) is 11.8 Å². The number of carbonyl (C=O) groups is 2. The molecular weight excluding hydrogens is 312 g/mol. The van der Waals surface area contributed by atoms with Gasteiger partial charge in [0.15, 0.2) is 5.82 Å². The van der Waals surface area contributed by atoms with Crippen LogP contribution in [0.4, 0.5) is 5.82 Å². The number of hydrogen-bond acceptors (Lipinski definition) is 6. The molecule has 0 radical (unpaired) electrons. The molecule has 0 aliphatic carbocycles. The molecule has 0 saturated carbocycles. The predicted octanol–water partition coefficient (Wildman–Crippen LogP) is 0.964. The van der Waals surface area contributed by atoms with Crippen molar-refractivity contribution in [2.24, 2.45) is 0 Å². The molecule has 0 spiro atoms. The zero-order valence-electron chi connectivity index (χ0n) is 14.2. The van der Waals surface area contributed by atoms with E-state index in [-0.39, 0.29) is 18.4 Å². The minimum Gasteiger partial charge on any atom is -0.379 e. The molecule has 0 unspecified atom stereocenters. The zero-order valence-corrected chi connectivity index (χ0v) is 14.2. The van der Waals surface area contributed by atoms with Crippen molar-refractivity contribution in [2.45, 2.75) is 26.2 Å². The molecule has 2 heterocycles.